The van der Waals surface area contributed by atoms with Crippen LogP contribution in [0.1, 0.15) is 30.4 Å². The van der Waals surface area contributed by atoms with E-state index in [9.17, 15) is 9.18 Å². The van der Waals surface area contributed by atoms with Crippen molar-refractivity contribution in [3.63, 3.8) is 0 Å². The second-order valence-corrected chi connectivity index (χ2v) is 5.48. The Bertz CT molecular complexity index is 512. The standard InChI is InChI=1S/C15H20FN3O/c16-14-11-6-8-17-9-10(11)4-5-12(14)19-15(20)13-3-1-2-7-18-13/h4-5,13,17-18H,1-3,6-9H2,(H,19,20)/t13-/m1/s1. The molecule has 1 atom stereocenters. The van der Waals surface area contributed by atoms with Gasteiger partial charge in [0.05, 0.1) is 11.7 Å². The van der Waals surface area contributed by atoms with Crippen LogP contribution in [0.3, 0.4) is 0 Å². The highest BCUT2D eigenvalue weighted by molar-refractivity contribution is 5.95. The second kappa shape index (κ2) is 5.89. The Labute approximate surface area is 118 Å². The van der Waals surface area contributed by atoms with Crippen molar-refractivity contribution in [2.45, 2.75) is 38.3 Å². The molecule has 20 heavy (non-hydrogen) atoms. The summed E-state index contributed by atoms with van der Waals surface area (Å²) >= 11 is 0. The summed E-state index contributed by atoms with van der Waals surface area (Å²) in [6.07, 6.45) is 3.64. The van der Waals surface area contributed by atoms with Gasteiger partial charge in [-0.1, -0.05) is 12.5 Å². The van der Waals surface area contributed by atoms with E-state index in [4.69, 9.17) is 0 Å². The van der Waals surface area contributed by atoms with Gasteiger partial charge in [0.15, 0.2) is 0 Å². The van der Waals surface area contributed by atoms with E-state index < -0.39 is 0 Å². The number of piperidine rings is 1. The first-order valence-electron chi connectivity index (χ1n) is 7.31. The monoisotopic (exact) mass is 277 g/mol. The Hall–Kier alpha value is -1.46. The number of halogens is 1. The van der Waals surface area contributed by atoms with Gasteiger partial charge >= 0.3 is 0 Å². The van der Waals surface area contributed by atoms with Crippen molar-refractivity contribution in [2.24, 2.45) is 0 Å². The highest BCUT2D eigenvalue weighted by Gasteiger charge is 2.23. The molecule has 5 heteroatoms. The van der Waals surface area contributed by atoms with E-state index in [0.29, 0.717) is 18.7 Å². The van der Waals surface area contributed by atoms with Crippen LogP contribution >= 0.6 is 0 Å². The molecular formula is C15H20FN3O. The number of carbonyl (C=O) groups is 1. The molecule has 2 aliphatic heterocycles. The zero-order valence-corrected chi connectivity index (χ0v) is 11.5. The molecule has 0 unspecified atom stereocenters. The topological polar surface area (TPSA) is 53.2 Å². The Morgan fingerprint density at radius 2 is 2.20 bits per heavy atom. The molecule has 0 aliphatic carbocycles. The Balaban J connectivity index is 1.75. The van der Waals surface area contributed by atoms with Crippen LogP contribution in [0.5, 0.6) is 0 Å². The lowest BCUT2D eigenvalue weighted by Gasteiger charge is -2.24. The van der Waals surface area contributed by atoms with Crippen LogP contribution in [-0.2, 0) is 17.8 Å². The van der Waals surface area contributed by atoms with Crippen molar-refractivity contribution >= 4 is 11.6 Å². The minimum absolute atomic E-state index is 0.127. The minimum atomic E-state index is -0.270. The lowest BCUT2D eigenvalue weighted by molar-refractivity contribution is -0.118. The van der Waals surface area contributed by atoms with Crippen LogP contribution in [0.15, 0.2) is 12.1 Å². The Morgan fingerprint density at radius 1 is 1.30 bits per heavy atom. The van der Waals surface area contributed by atoms with Crippen molar-refractivity contribution < 1.29 is 9.18 Å². The first-order chi connectivity index (χ1) is 9.75. The second-order valence-electron chi connectivity index (χ2n) is 5.48. The molecule has 3 rings (SSSR count). The van der Waals surface area contributed by atoms with Gasteiger partial charge in [-0.2, -0.15) is 0 Å². The molecular weight excluding hydrogens is 257 g/mol. The van der Waals surface area contributed by atoms with E-state index in [0.717, 1.165) is 43.5 Å². The van der Waals surface area contributed by atoms with Crippen molar-refractivity contribution in [1.29, 1.82) is 0 Å². The normalized spacial score (nSPS) is 22.1. The number of benzene rings is 1. The lowest BCUT2D eigenvalue weighted by Crippen LogP contribution is -2.43. The molecule has 1 saturated heterocycles. The third kappa shape index (κ3) is 2.69. The SMILES string of the molecule is O=C(Nc1ccc2c(c1F)CCNC2)[C@H]1CCCCN1. The first-order valence-corrected chi connectivity index (χ1v) is 7.31. The molecule has 2 aliphatic rings. The van der Waals surface area contributed by atoms with Gasteiger partial charge in [-0.3, -0.25) is 4.79 Å². The molecule has 2 heterocycles. The number of nitrogens with one attached hydrogen (secondary N) is 3. The average molecular weight is 277 g/mol. The van der Waals surface area contributed by atoms with E-state index in [1.165, 1.54) is 0 Å². The molecule has 0 radical (unpaired) electrons. The zero-order valence-electron chi connectivity index (χ0n) is 11.5. The number of hydrogen-bond donors (Lipinski definition) is 3. The van der Waals surface area contributed by atoms with Gasteiger partial charge in [-0.25, -0.2) is 4.39 Å². The maximum atomic E-state index is 14.4. The summed E-state index contributed by atoms with van der Waals surface area (Å²) in [5.41, 5.74) is 2.03. The van der Waals surface area contributed by atoms with E-state index in [2.05, 4.69) is 16.0 Å². The maximum absolute atomic E-state index is 14.4. The molecule has 1 aromatic carbocycles. The van der Waals surface area contributed by atoms with E-state index >= 15 is 0 Å². The average Bonchev–Trinajstić information content (AvgIpc) is 2.51. The zero-order chi connectivity index (χ0) is 13.9. The number of hydrogen-bond acceptors (Lipinski definition) is 3. The highest BCUT2D eigenvalue weighted by Crippen LogP contribution is 2.25. The Kier molecular flexibility index (Phi) is 3.98. The van der Waals surface area contributed by atoms with Gasteiger partial charge in [0.25, 0.3) is 0 Å². The van der Waals surface area contributed by atoms with Crippen LogP contribution in [0, 0.1) is 5.82 Å². The van der Waals surface area contributed by atoms with Gasteiger partial charge in [0.2, 0.25) is 5.91 Å². The van der Waals surface area contributed by atoms with Crippen LogP contribution in [0.25, 0.3) is 0 Å². The molecule has 1 aromatic rings. The van der Waals surface area contributed by atoms with Crippen LogP contribution in [0.2, 0.25) is 0 Å². The van der Waals surface area contributed by atoms with Crippen LogP contribution < -0.4 is 16.0 Å². The summed E-state index contributed by atoms with van der Waals surface area (Å²) in [4.78, 5) is 12.1. The number of fused-ring (bicyclic) bond motifs is 1. The van der Waals surface area contributed by atoms with Crippen molar-refractivity contribution in [2.75, 3.05) is 18.4 Å². The third-order valence-corrected chi connectivity index (χ3v) is 4.09. The fourth-order valence-corrected chi connectivity index (χ4v) is 2.93. The predicted octanol–water partition coefficient (Wildman–Crippen LogP) is 1.55. The highest BCUT2D eigenvalue weighted by atomic mass is 19.1. The summed E-state index contributed by atoms with van der Waals surface area (Å²) in [6.45, 7) is 2.34. The summed E-state index contributed by atoms with van der Waals surface area (Å²) in [5, 5.41) is 9.13. The number of rotatable bonds is 2. The fourth-order valence-electron chi connectivity index (χ4n) is 2.93. The largest absolute Gasteiger partial charge is 0.322 e. The molecule has 0 aromatic heterocycles. The molecule has 0 bridgehead atoms. The molecule has 0 spiro atoms. The number of amides is 1. The van der Waals surface area contributed by atoms with Gasteiger partial charge in [-0.15, -0.1) is 0 Å². The van der Waals surface area contributed by atoms with Crippen molar-refractivity contribution in [1.82, 2.24) is 10.6 Å². The van der Waals surface area contributed by atoms with E-state index in [1.807, 2.05) is 6.07 Å². The molecule has 1 amide bonds. The lowest BCUT2D eigenvalue weighted by atomic mass is 9.99. The van der Waals surface area contributed by atoms with Crippen molar-refractivity contribution in [3.05, 3.63) is 29.1 Å². The Morgan fingerprint density at radius 3 is 3.00 bits per heavy atom. The molecule has 108 valence electrons. The van der Waals surface area contributed by atoms with Gasteiger partial charge in [0.1, 0.15) is 5.82 Å². The van der Waals surface area contributed by atoms with E-state index in [1.54, 1.807) is 6.07 Å². The first kappa shape index (κ1) is 13.5. The van der Waals surface area contributed by atoms with Gasteiger partial charge in [-0.05, 0) is 49.5 Å². The number of carbonyl (C=O) groups excluding carboxylic acids is 1. The predicted molar refractivity (Wildman–Crippen MR) is 76.1 cm³/mol. The van der Waals surface area contributed by atoms with Gasteiger partial charge < -0.3 is 16.0 Å². The quantitative estimate of drug-likeness (QED) is 0.769. The smallest absolute Gasteiger partial charge is 0.241 e. The summed E-state index contributed by atoms with van der Waals surface area (Å²) < 4.78 is 14.4. The number of anilines is 1. The maximum Gasteiger partial charge on any atom is 0.241 e. The molecule has 1 fully saturated rings. The fraction of sp³-hybridized carbons (Fsp3) is 0.533. The third-order valence-electron chi connectivity index (χ3n) is 4.09. The molecule has 3 N–H and O–H groups in total. The minimum Gasteiger partial charge on any atom is -0.322 e. The van der Waals surface area contributed by atoms with Crippen LogP contribution in [0.4, 0.5) is 10.1 Å². The summed E-state index contributed by atoms with van der Waals surface area (Å²) in [5.74, 6) is -0.398. The molecule has 0 saturated carbocycles. The van der Waals surface area contributed by atoms with Crippen LogP contribution in [-0.4, -0.2) is 25.0 Å². The van der Waals surface area contributed by atoms with Crippen molar-refractivity contribution in [3.8, 4) is 0 Å². The van der Waals surface area contributed by atoms with Gasteiger partial charge in [0, 0.05) is 6.54 Å². The van der Waals surface area contributed by atoms with E-state index in [-0.39, 0.29) is 17.8 Å². The molecule has 4 nitrogen and oxygen atoms in total. The summed E-state index contributed by atoms with van der Waals surface area (Å²) in [7, 11) is 0. The summed E-state index contributed by atoms with van der Waals surface area (Å²) in [6, 6.07) is 3.37.